The quantitative estimate of drug-likeness (QED) is 0.776. The van der Waals surface area contributed by atoms with E-state index in [-0.39, 0.29) is 5.69 Å². The maximum atomic E-state index is 8.95. The third-order valence-corrected chi connectivity index (χ3v) is 2.55. The van der Waals surface area contributed by atoms with Crippen LogP contribution in [-0.2, 0) is 13.1 Å². The Morgan fingerprint density at radius 1 is 1.18 bits per heavy atom. The van der Waals surface area contributed by atoms with Crippen LogP contribution in [0.25, 0.3) is 0 Å². The molecule has 0 aromatic carbocycles. The maximum Gasteiger partial charge on any atom is 0.176 e. The lowest BCUT2D eigenvalue weighted by atomic mass is 10.3. The van der Waals surface area contributed by atoms with E-state index in [1.807, 2.05) is 29.8 Å². The second-order valence-electron chi connectivity index (χ2n) is 3.53. The van der Waals surface area contributed by atoms with Gasteiger partial charge in [0, 0.05) is 25.5 Å². The minimum absolute atomic E-state index is 0.176. The third kappa shape index (κ3) is 2.01. The van der Waals surface area contributed by atoms with Gasteiger partial charge >= 0.3 is 0 Å². The first kappa shape index (κ1) is 10.9. The summed E-state index contributed by atoms with van der Waals surface area (Å²) in [7, 11) is 0. The zero-order chi connectivity index (χ0) is 12.3. The van der Waals surface area contributed by atoms with Gasteiger partial charge in [-0.05, 0) is 6.92 Å². The van der Waals surface area contributed by atoms with Gasteiger partial charge in [-0.2, -0.15) is 10.5 Å². The molecule has 2 heterocycles. The van der Waals surface area contributed by atoms with Gasteiger partial charge in [-0.25, -0.2) is 9.97 Å². The van der Waals surface area contributed by atoms with Crippen molar-refractivity contribution in [2.75, 3.05) is 0 Å². The molecule has 0 saturated heterocycles. The molecule has 0 saturated carbocycles. The zero-order valence-electron chi connectivity index (χ0n) is 9.33. The molecule has 84 valence electrons. The highest BCUT2D eigenvalue weighted by atomic mass is 15.1. The molecule has 0 N–H and O–H groups in total. The van der Waals surface area contributed by atoms with Crippen molar-refractivity contribution in [1.29, 1.82) is 10.5 Å². The van der Waals surface area contributed by atoms with Crippen LogP contribution in [0.5, 0.6) is 0 Å². The van der Waals surface area contributed by atoms with Crippen LogP contribution in [0.1, 0.15) is 17.2 Å². The summed E-state index contributed by atoms with van der Waals surface area (Å²) in [4.78, 5) is 8.00. The lowest BCUT2D eigenvalue weighted by molar-refractivity contribution is 0.564. The van der Waals surface area contributed by atoms with E-state index in [0.29, 0.717) is 18.8 Å². The van der Waals surface area contributed by atoms with Gasteiger partial charge in [0.15, 0.2) is 11.4 Å². The van der Waals surface area contributed by atoms with Gasteiger partial charge in [0.25, 0.3) is 0 Å². The van der Waals surface area contributed by atoms with Gasteiger partial charge in [0.05, 0.1) is 6.33 Å². The Bertz CT molecular complexity index is 607. The van der Waals surface area contributed by atoms with Crippen molar-refractivity contribution >= 4 is 0 Å². The van der Waals surface area contributed by atoms with E-state index < -0.39 is 0 Å². The monoisotopic (exact) mass is 226 g/mol. The molecular formula is C11H10N6. The first-order chi connectivity index (χ1) is 8.26. The average molecular weight is 226 g/mol. The van der Waals surface area contributed by atoms with Crippen molar-refractivity contribution in [3.05, 3.63) is 35.9 Å². The van der Waals surface area contributed by atoms with Crippen molar-refractivity contribution in [1.82, 2.24) is 19.1 Å². The average Bonchev–Trinajstić information content (AvgIpc) is 2.92. The molecule has 0 aliphatic rings. The van der Waals surface area contributed by atoms with Gasteiger partial charge in [-0.3, -0.25) is 0 Å². The smallest absolute Gasteiger partial charge is 0.176 e. The molecule has 2 aromatic rings. The minimum Gasteiger partial charge on any atom is -0.333 e. The molecule has 6 nitrogen and oxygen atoms in total. The second-order valence-corrected chi connectivity index (χ2v) is 3.53. The molecule has 2 rings (SSSR count). The normalized spacial score (nSPS) is 9.82. The number of hydrogen-bond acceptors (Lipinski definition) is 4. The molecule has 0 atom stereocenters. The Labute approximate surface area is 98.4 Å². The predicted octanol–water partition coefficient (Wildman–Crippen LogP) is 0.832. The lowest BCUT2D eigenvalue weighted by Gasteiger charge is -2.06. The predicted molar refractivity (Wildman–Crippen MR) is 58.6 cm³/mol. The Kier molecular flexibility index (Phi) is 2.89. The molecule has 17 heavy (non-hydrogen) atoms. The maximum absolute atomic E-state index is 8.95. The molecule has 6 heteroatoms. The molecule has 0 fully saturated rings. The van der Waals surface area contributed by atoms with Crippen LogP contribution in [-0.4, -0.2) is 19.1 Å². The Balaban J connectivity index is 2.16. The fourth-order valence-electron chi connectivity index (χ4n) is 1.61. The number of nitriles is 2. The Morgan fingerprint density at radius 2 is 1.94 bits per heavy atom. The van der Waals surface area contributed by atoms with Crippen LogP contribution in [0.3, 0.4) is 0 Å². The third-order valence-electron chi connectivity index (χ3n) is 2.55. The lowest BCUT2D eigenvalue weighted by Crippen LogP contribution is -2.09. The number of aromatic nitrogens is 4. The van der Waals surface area contributed by atoms with E-state index in [0.717, 1.165) is 5.82 Å². The summed E-state index contributed by atoms with van der Waals surface area (Å²) in [5, 5.41) is 17.7. The van der Waals surface area contributed by atoms with Crippen LogP contribution in [0.15, 0.2) is 18.7 Å². The van der Waals surface area contributed by atoms with Crippen molar-refractivity contribution in [2.24, 2.45) is 0 Å². The van der Waals surface area contributed by atoms with Crippen LogP contribution in [0, 0.1) is 29.6 Å². The number of imidazole rings is 2. The number of aryl methyl sites for hydroxylation is 3. The first-order valence-electron chi connectivity index (χ1n) is 5.09. The van der Waals surface area contributed by atoms with Crippen molar-refractivity contribution in [3.63, 3.8) is 0 Å². The fourth-order valence-corrected chi connectivity index (χ4v) is 1.61. The molecule has 0 bridgehead atoms. The van der Waals surface area contributed by atoms with Crippen molar-refractivity contribution < 1.29 is 0 Å². The Morgan fingerprint density at radius 3 is 2.53 bits per heavy atom. The largest absolute Gasteiger partial charge is 0.333 e. The molecule has 0 unspecified atom stereocenters. The highest BCUT2D eigenvalue weighted by Gasteiger charge is 2.09. The highest BCUT2D eigenvalue weighted by Crippen LogP contribution is 2.06. The van der Waals surface area contributed by atoms with E-state index in [1.54, 1.807) is 10.8 Å². The first-order valence-corrected chi connectivity index (χ1v) is 5.09. The summed E-state index contributed by atoms with van der Waals surface area (Å²) in [6.07, 6.45) is 5.13. The Hall–Kier alpha value is -2.60. The number of rotatable bonds is 3. The summed E-state index contributed by atoms with van der Waals surface area (Å²) in [5.74, 6) is 0.920. The molecule has 0 aliphatic heterocycles. The molecule has 0 radical (unpaired) electrons. The summed E-state index contributed by atoms with van der Waals surface area (Å²) in [6, 6.07) is 3.89. The summed E-state index contributed by atoms with van der Waals surface area (Å²) in [6.45, 7) is 3.20. The fraction of sp³-hybridized carbons (Fsp3) is 0.273. The van der Waals surface area contributed by atoms with Gasteiger partial charge in [0.1, 0.15) is 18.0 Å². The molecule has 2 aromatic heterocycles. The second kappa shape index (κ2) is 4.50. The molecule has 0 spiro atoms. The van der Waals surface area contributed by atoms with Gasteiger partial charge in [-0.1, -0.05) is 0 Å². The van der Waals surface area contributed by atoms with Gasteiger partial charge in [0.2, 0.25) is 0 Å². The minimum atomic E-state index is 0.176. The molecule has 0 amide bonds. The SMILES string of the molecule is Cc1nccn1CCn1cnc(C#N)c1C#N. The van der Waals surface area contributed by atoms with Gasteiger partial charge in [-0.15, -0.1) is 0 Å². The van der Waals surface area contributed by atoms with Crippen LogP contribution in [0.2, 0.25) is 0 Å². The summed E-state index contributed by atoms with van der Waals surface area (Å²) >= 11 is 0. The number of hydrogen-bond donors (Lipinski definition) is 0. The van der Waals surface area contributed by atoms with Crippen LogP contribution < -0.4 is 0 Å². The van der Waals surface area contributed by atoms with Crippen molar-refractivity contribution in [3.8, 4) is 12.1 Å². The van der Waals surface area contributed by atoms with E-state index in [4.69, 9.17) is 10.5 Å². The molecule has 0 aliphatic carbocycles. The summed E-state index contributed by atoms with van der Waals surface area (Å²) < 4.78 is 3.66. The van der Waals surface area contributed by atoms with E-state index in [1.165, 1.54) is 6.33 Å². The van der Waals surface area contributed by atoms with Gasteiger partial charge < -0.3 is 9.13 Å². The van der Waals surface area contributed by atoms with E-state index in [2.05, 4.69) is 9.97 Å². The highest BCUT2D eigenvalue weighted by molar-refractivity contribution is 5.35. The number of nitrogens with zero attached hydrogens (tertiary/aromatic N) is 6. The topological polar surface area (TPSA) is 83.2 Å². The van der Waals surface area contributed by atoms with Crippen LogP contribution >= 0.6 is 0 Å². The zero-order valence-corrected chi connectivity index (χ0v) is 9.33. The van der Waals surface area contributed by atoms with Crippen molar-refractivity contribution in [2.45, 2.75) is 20.0 Å². The standard InChI is InChI=1S/C11H10N6/c1-9-14-2-3-16(9)4-5-17-8-15-10(6-12)11(17)7-13/h2-3,8H,4-5H2,1H3. The summed E-state index contributed by atoms with van der Waals surface area (Å²) in [5.41, 5.74) is 0.486. The van der Waals surface area contributed by atoms with Crippen LogP contribution in [0.4, 0.5) is 0 Å². The molecular weight excluding hydrogens is 216 g/mol. The van der Waals surface area contributed by atoms with E-state index in [9.17, 15) is 0 Å². The van der Waals surface area contributed by atoms with E-state index >= 15 is 0 Å².